The van der Waals surface area contributed by atoms with Gasteiger partial charge in [-0.1, -0.05) is 13.0 Å². The molecule has 6 nitrogen and oxygen atoms in total. The van der Waals surface area contributed by atoms with E-state index in [0.717, 1.165) is 25.2 Å². The summed E-state index contributed by atoms with van der Waals surface area (Å²) in [6, 6.07) is 6.05. The zero-order valence-electron chi connectivity index (χ0n) is 16.5. The zero-order valence-corrected chi connectivity index (χ0v) is 16.5. The maximum atomic E-state index is 12.1. The van der Waals surface area contributed by atoms with E-state index >= 15 is 0 Å². The lowest BCUT2D eigenvalue weighted by molar-refractivity contribution is 0.0446. The van der Waals surface area contributed by atoms with Crippen molar-refractivity contribution in [3.05, 3.63) is 30.1 Å². The Morgan fingerprint density at radius 1 is 1.32 bits per heavy atom. The van der Waals surface area contributed by atoms with Crippen LogP contribution in [0.15, 0.2) is 24.4 Å². The molecule has 0 radical (unpaired) electrons. The number of likely N-dealkylation sites (N-methyl/N-ethyl adjacent to an activating group) is 1. The summed E-state index contributed by atoms with van der Waals surface area (Å²) in [5.74, 6) is 0. The van der Waals surface area contributed by atoms with Crippen molar-refractivity contribution >= 4 is 6.09 Å². The molecule has 1 aromatic heterocycles. The molecule has 6 heteroatoms. The highest BCUT2D eigenvalue weighted by molar-refractivity contribution is 5.68. The highest BCUT2D eigenvalue weighted by Crippen LogP contribution is 2.18. The van der Waals surface area contributed by atoms with Crippen molar-refractivity contribution < 1.29 is 9.53 Å². The van der Waals surface area contributed by atoms with Crippen LogP contribution in [0.1, 0.15) is 53.7 Å². The number of carbonyl (C=O) groups is 1. The van der Waals surface area contributed by atoms with E-state index in [0.29, 0.717) is 6.54 Å². The van der Waals surface area contributed by atoms with Gasteiger partial charge in [0.2, 0.25) is 0 Å². The molecule has 0 aliphatic carbocycles. The molecule has 0 bridgehead atoms. The molecule has 1 atom stereocenters. The van der Waals surface area contributed by atoms with E-state index in [1.807, 2.05) is 52.8 Å². The summed E-state index contributed by atoms with van der Waals surface area (Å²) in [5.41, 5.74) is 6.11. The maximum Gasteiger partial charge on any atom is 0.408 e. The van der Waals surface area contributed by atoms with Crippen LogP contribution in [-0.4, -0.2) is 46.2 Å². The molecule has 1 rings (SSSR count). The van der Waals surface area contributed by atoms with Crippen LogP contribution in [-0.2, 0) is 11.3 Å². The lowest BCUT2D eigenvalue weighted by Gasteiger charge is -2.36. The van der Waals surface area contributed by atoms with Gasteiger partial charge in [0.1, 0.15) is 5.60 Å². The molecule has 0 aromatic carbocycles. The molecule has 0 spiro atoms. The number of hydrogen-bond donors (Lipinski definition) is 2. The summed E-state index contributed by atoms with van der Waals surface area (Å²) in [6.45, 7) is 13.8. The van der Waals surface area contributed by atoms with Gasteiger partial charge in [0.15, 0.2) is 0 Å². The first kappa shape index (κ1) is 21.4. The Balaban J connectivity index is 2.71. The first-order valence-corrected chi connectivity index (χ1v) is 8.91. The van der Waals surface area contributed by atoms with Gasteiger partial charge in [-0.3, -0.25) is 9.88 Å². The Hall–Kier alpha value is -1.66. The maximum absolute atomic E-state index is 12.1. The van der Waals surface area contributed by atoms with E-state index < -0.39 is 17.2 Å². The van der Waals surface area contributed by atoms with E-state index in [4.69, 9.17) is 10.5 Å². The minimum atomic E-state index is -0.512. The number of carbonyl (C=O) groups excluding carboxylic acids is 1. The van der Waals surface area contributed by atoms with Crippen molar-refractivity contribution in [2.24, 2.45) is 5.73 Å². The van der Waals surface area contributed by atoms with Crippen LogP contribution in [0.4, 0.5) is 4.79 Å². The lowest BCUT2D eigenvalue weighted by atomic mass is 9.94. The summed E-state index contributed by atoms with van der Waals surface area (Å²) in [5, 5.41) is 2.96. The lowest BCUT2D eigenvalue weighted by Crippen LogP contribution is -2.52. The molecular formula is C19H34N4O2. The van der Waals surface area contributed by atoms with E-state index in [2.05, 4.69) is 22.1 Å². The normalized spacial score (nSPS) is 13.6. The fraction of sp³-hybridized carbons (Fsp3) is 0.684. The summed E-state index contributed by atoms with van der Waals surface area (Å²) in [4.78, 5) is 18.8. The van der Waals surface area contributed by atoms with Crippen LogP contribution < -0.4 is 11.1 Å². The van der Waals surface area contributed by atoms with E-state index in [-0.39, 0.29) is 6.04 Å². The highest BCUT2D eigenvalue weighted by atomic mass is 16.6. The topological polar surface area (TPSA) is 80.5 Å². The second-order valence-corrected chi connectivity index (χ2v) is 7.99. The minimum Gasteiger partial charge on any atom is -0.444 e. The molecule has 1 heterocycles. The van der Waals surface area contributed by atoms with Gasteiger partial charge >= 0.3 is 6.09 Å². The predicted molar refractivity (Wildman–Crippen MR) is 101 cm³/mol. The average Bonchev–Trinajstić information content (AvgIpc) is 2.49. The van der Waals surface area contributed by atoms with E-state index in [1.54, 1.807) is 6.20 Å². The van der Waals surface area contributed by atoms with Crippen LogP contribution in [0.5, 0.6) is 0 Å². The number of aromatic nitrogens is 1. The summed E-state index contributed by atoms with van der Waals surface area (Å²) >= 11 is 0. The standard InChI is InChI=1S/C19H34N4O2/c1-7-23(14-15-10-8-9-11-21-15)16(13-20)12-19(5,6)22-17(24)25-18(2,3)4/h8-11,16H,7,12-14,20H2,1-6H3,(H,22,24). The number of alkyl carbamates (subject to hydrolysis) is 1. The second-order valence-electron chi connectivity index (χ2n) is 7.99. The van der Waals surface area contributed by atoms with Crippen molar-refractivity contribution in [1.82, 2.24) is 15.2 Å². The third-order valence-electron chi connectivity index (χ3n) is 3.87. The largest absolute Gasteiger partial charge is 0.444 e. The Morgan fingerprint density at radius 3 is 2.48 bits per heavy atom. The molecule has 0 aliphatic rings. The van der Waals surface area contributed by atoms with Crippen molar-refractivity contribution in [2.45, 2.75) is 71.7 Å². The number of pyridine rings is 1. The van der Waals surface area contributed by atoms with Crippen LogP contribution in [0.3, 0.4) is 0 Å². The van der Waals surface area contributed by atoms with Gasteiger partial charge in [-0.2, -0.15) is 0 Å². The smallest absolute Gasteiger partial charge is 0.408 e. The van der Waals surface area contributed by atoms with Crippen molar-refractivity contribution in [1.29, 1.82) is 0 Å². The minimum absolute atomic E-state index is 0.136. The van der Waals surface area contributed by atoms with Crippen LogP contribution in [0, 0.1) is 0 Å². The number of hydrogen-bond acceptors (Lipinski definition) is 5. The SMILES string of the molecule is CCN(Cc1ccccn1)C(CN)CC(C)(C)NC(=O)OC(C)(C)C. The molecule has 0 aliphatic heterocycles. The van der Waals surface area contributed by atoms with Crippen molar-refractivity contribution in [3.8, 4) is 0 Å². The van der Waals surface area contributed by atoms with Gasteiger partial charge < -0.3 is 15.8 Å². The number of rotatable bonds is 8. The molecule has 0 saturated heterocycles. The molecule has 1 aromatic rings. The van der Waals surface area contributed by atoms with Crippen molar-refractivity contribution in [3.63, 3.8) is 0 Å². The molecule has 0 fully saturated rings. The third kappa shape index (κ3) is 8.31. The zero-order chi connectivity index (χ0) is 19.1. The fourth-order valence-corrected chi connectivity index (χ4v) is 2.78. The fourth-order valence-electron chi connectivity index (χ4n) is 2.78. The van der Waals surface area contributed by atoms with E-state index in [1.165, 1.54) is 0 Å². The Labute approximate surface area is 152 Å². The number of nitrogens with two attached hydrogens (primary N) is 1. The van der Waals surface area contributed by atoms with Gasteiger partial charge in [0, 0.05) is 30.9 Å². The van der Waals surface area contributed by atoms with Gasteiger partial charge in [-0.05, 0) is 59.7 Å². The van der Waals surface area contributed by atoms with Crippen molar-refractivity contribution in [2.75, 3.05) is 13.1 Å². The summed E-state index contributed by atoms with van der Waals surface area (Å²) < 4.78 is 5.37. The van der Waals surface area contributed by atoms with Crippen LogP contribution >= 0.6 is 0 Å². The van der Waals surface area contributed by atoms with Gasteiger partial charge in [0.25, 0.3) is 0 Å². The second kappa shape index (κ2) is 9.15. The van der Waals surface area contributed by atoms with Crippen LogP contribution in [0.25, 0.3) is 0 Å². The van der Waals surface area contributed by atoms with Gasteiger partial charge in [-0.15, -0.1) is 0 Å². The Morgan fingerprint density at radius 2 is 2.00 bits per heavy atom. The number of nitrogens with one attached hydrogen (secondary N) is 1. The molecule has 1 amide bonds. The van der Waals surface area contributed by atoms with Gasteiger partial charge in [0.05, 0.1) is 5.69 Å². The van der Waals surface area contributed by atoms with Crippen LogP contribution in [0.2, 0.25) is 0 Å². The molecule has 142 valence electrons. The third-order valence-corrected chi connectivity index (χ3v) is 3.87. The molecule has 25 heavy (non-hydrogen) atoms. The first-order valence-electron chi connectivity index (χ1n) is 8.91. The Bertz CT molecular complexity index is 526. The number of nitrogens with zero attached hydrogens (tertiary/aromatic N) is 2. The molecule has 3 N–H and O–H groups in total. The number of ether oxygens (including phenoxy) is 1. The average molecular weight is 351 g/mol. The molecular weight excluding hydrogens is 316 g/mol. The van der Waals surface area contributed by atoms with E-state index in [9.17, 15) is 4.79 Å². The number of amides is 1. The summed E-state index contributed by atoms with van der Waals surface area (Å²) in [7, 11) is 0. The molecule has 1 unspecified atom stereocenters. The highest BCUT2D eigenvalue weighted by Gasteiger charge is 2.29. The summed E-state index contributed by atoms with van der Waals surface area (Å²) in [6.07, 6.45) is 2.12. The van der Waals surface area contributed by atoms with Gasteiger partial charge in [-0.25, -0.2) is 4.79 Å². The molecule has 0 saturated carbocycles. The monoisotopic (exact) mass is 350 g/mol. The predicted octanol–water partition coefficient (Wildman–Crippen LogP) is 2.92. The Kier molecular flexibility index (Phi) is 7.83. The quantitative estimate of drug-likeness (QED) is 0.753. The first-order chi connectivity index (χ1) is 11.6.